The van der Waals surface area contributed by atoms with E-state index in [1.807, 2.05) is 84.0 Å². The highest BCUT2D eigenvalue weighted by Gasteiger charge is 2.17. The van der Waals surface area contributed by atoms with E-state index in [2.05, 4.69) is 0 Å². The van der Waals surface area contributed by atoms with Gasteiger partial charge in [0.15, 0.2) is 0 Å². The summed E-state index contributed by atoms with van der Waals surface area (Å²) in [6.45, 7) is 0.599. The lowest BCUT2D eigenvalue weighted by Crippen LogP contribution is -2.22. The Bertz CT molecular complexity index is 1440. The minimum Gasteiger partial charge on any atom is -0.490 e. The summed E-state index contributed by atoms with van der Waals surface area (Å²) in [5.41, 5.74) is 3.65. The number of rotatable bonds is 11. The molecule has 1 aliphatic rings. The number of nitrogens with zero attached hydrogens (tertiary/aromatic N) is 2. The molecular formula is C30H32Cl2N2O5S. The maximum Gasteiger partial charge on any atom is 0.303 e. The Morgan fingerprint density at radius 3 is 2.52 bits per heavy atom. The topological polar surface area (TPSA) is 82.8 Å². The molecule has 10 heteroatoms. The number of benzene rings is 3. The summed E-state index contributed by atoms with van der Waals surface area (Å²) >= 11 is 7.97. The molecule has 0 saturated carbocycles. The third-order valence-electron chi connectivity index (χ3n) is 6.74. The van der Waals surface area contributed by atoms with E-state index in [9.17, 15) is 4.79 Å². The van der Waals surface area contributed by atoms with Gasteiger partial charge in [-0.3, -0.25) is 4.79 Å². The first kappa shape index (κ1) is 29.9. The number of hydrogen-bond donors (Lipinski definition) is 1. The molecule has 0 bridgehead atoms. The summed E-state index contributed by atoms with van der Waals surface area (Å²) in [6.07, 6.45) is 2.80. The van der Waals surface area contributed by atoms with Crippen molar-refractivity contribution in [3.8, 4) is 17.2 Å². The molecule has 0 amide bonds. The number of carbonyl (C=O) groups is 1. The van der Waals surface area contributed by atoms with E-state index in [1.165, 1.54) is 0 Å². The van der Waals surface area contributed by atoms with Gasteiger partial charge in [-0.05, 0) is 72.2 Å². The first-order chi connectivity index (χ1) is 18.9. The molecule has 1 saturated heterocycles. The molecule has 0 aliphatic carbocycles. The average molecular weight is 604 g/mol. The molecule has 3 aromatic carbocycles. The van der Waals surface area contributed by atoms with Gasteiger partial charge in [0.25, 0.3) is 0 Å². The molecule has 212 valence electrons. The van der Waals surface area contributed by atoms with E-state index in [4.69, 9.17) is 35.9 Å². The van der Waals surface area contributed by atoms with Gasteiger partial charge in [-0.2, -0.15) is 11.8 Å². The van der Waals surface area contributed by atoms with Crippen molar-refractivity contribution < 1.29 is 24.1 Å². The molecule has 0 radical (unpaired) electrons. The third-order valence-corrected chi connectivity index (χ3v) is 8.04. The fourth-order valence-electron chi connectivity index (χ4n) is 4.50. The van der Waals surface area contributed by atoms with E-state index in [0.29, 0.717) is 29.5 Å². The highest BCUT2D eigenvalue weighted by molar-refractivity contribution is 7.99. The number of ether oxygens (including phenoxy) is 3. The zero-order chi connectivity index (χ0) is 27.2. The van der Waals surface area contributed by atoms with Crippen molar-refractivity contribution in [1.82, 2.24) is 9.55 Å². The van der Waals surface area contributed by atoms with E-state index < -0.39 is 5.97 Å². The number of carboxylic acids is 1. The molecule has 4 aromatic rings. The van der Waals surface area contributed by atoms with E-state index >= 15 is 0 Å². The monoisotopic (exact) mass is 602 g/mol. The summed E-state index contributed by atoms with van der Waals surface area (Å²) in [5.74, 6) is 4.31. The van der Waals surface area contributed by atoms with Gasteiger partial charge in [0, 0.05) is 30.6 Å². The predicted octanol–water partition coefficient (Wildman–Crippen LogP) is 7.10. The Morgan fingerprint density at radius 2 is 1.77 bits per heavy atom. The van der Waals surface area contributed by atoms with Crippen molar-refractivity contribution in [2.75, 3.05) is 11.5 Å². The molecule has 1 N–H and O–H groups in total. The smallest absolute Gasteiger partial charge is 0.303 e. The number of hydrogen-bond acceptors (Lipinski definition) is 6. The van der Waals surface area contributed by atoms with Crippen LogP contribution in [0.15, 0.2) is 60.7 Å². The van der Waals surface area contributed by atoms with Crippen LogP contribution in [0, 0.1) is 0 Å². The fraction of sp³-hybridized carbons (Fsp3) is 0.333. The summed E-state index contributed by atoms with van der Waals surface area (Å²) < 4.78 is 20.5. The van der Waals surface area contributed by atoms with Gasteiger partial charge >= 0.3 is 5.97 Å². The van der Waals surface area contributed by atoms with E-state index in [0.717, 1.165) is 58.1 Å². The standard InChI is InChI=1S/C30H31ClN2O5S.ClH/c1-33-27-16-25(38-23-12-14-39-15-13-23)9-10-26(27)32-29(33)19-36-24-8-4-21(5-11-30(34)35)28(17-24)37-18-20-2-6-22(31)7-3-20;/h2-4,6-10,16-17,23H,5,11-15,18-19H2,1H3,(H,34,35);1H. The summed E-state index contributed by atoms with van der Waals surface area (Å²) in [5, 5.41) is 9.81. The lowest BCUT2D eigenvalue weighted by atomic mass is 10.1. The number of carboxylic acid groups (broad SMARTS) is 1. The molecule has 0 unspecified atom stereocenters. The van der Waals surface area contributed by atoms with Crippen LogP contribution in [0.4, 0.5) is 0 Å². The molecule has 1 aliphatic heterocycles. The number of halogens is 2. The normalized spacial score (nSPS) is 13.6. The molecule has 0 spiro atoms. The maximum atomic E-state index is 11.2. The highest BCUT2D eigenvalue weighted by atomic mass is 35.5. The fourth-order valence-corrected chi connectivity index (χ4v) is 5.69. The Kier molecular flexibility index (Phi) is 10.5. The SMILES string of the molecule is Cl.Cn1c(COc2ccc(CCC(=O)O)c(OCc3ccc(Cl)cc3)c2)nc2ccc(OC3CCSCC3)cc21. The zero-order valence-corrected chi connectivity index (χ0v) is 24.6. The number of aliphatic carboxylic acids is 1. The first-order valence-electron chi connectivity index (χ1n) is 13.0. The molecule has 1 aromatic heterocycles. The van der Waals surface area contributed by atoms with Crippen LogP contribution in [-0.4, -0.2) is 38.2 Å². The molecular weight excluding hydrogens is 571 g/mol. The van der Waals surface area contributed by atoms with Crippen molar-refractivity contribution >= 4 is 52.8 Å². The quantitative estimate of drug-likeness (QED) is 0.196. The van der Waals surface area contributed by atoms with Crippen LogP contribution in [0.3, 0.4) is 0 Å². The summed E-state index contributed by atoms with van der Waals surface area (Å²) in [7, 11) is 1.98. The molecule has 7 nitrogen and oxygen atoms in total. The first-order valence-corrected chi connectivity index (χ1v) is 14.5. The Hall–Kier alpha value is -3.07. The van der Waals surface area contributed by atoms with Crippen LogP contribution in [-0.2, 0) is 31.5 Å². The van der Waals surface area contributed by atoms with Crippen LogP contribution in [0.25, 0.3) is 11.0 Å². The number of fused-ring (bicyclic) bond motifs is 1. The highest BCUT2D eigenvalue weighted by Crippen LogP contribution is 2.29. The molecule has 5 rings (SSSR count). The molecule has 0 atom stereocenters. The van der Waals surface area contributed by atoms with E-state index in [-0.39, 0.29) is 31.5 Å². The van der Waals surface area contributed by atoms with E-state index in [1.54, 1.807) is 0 Å². The van der Waals surface area contributed by atoms with Crippen molar-refractivity contribution in [1.29, 1.82) is 0 Å². The van der Waals surface area contributed by atoms with Gasteiger partial charge < -0.3 is 23.9 Å². The lowest BCUT2D eigenvalue weighted by molar-refractivity contribution is -0.136. The maximum absolute atomic E-state index is 11.2. The number of imidazole rings is 1. The minimum absolute atomic E-state index is 0. The van der Waals surface area contributed by atoms with Crippen molar-refractivity contribution in [3.63, 3.8) is 0 Å². The zero-order valence-electron chi connectivity index (χ0n) is 22.2. The van der Waals surface area contributed by atoms with Crippen LogP contribution < -0.4 is 14.2 Å². The lowest BCUT2D eigenvalue weighted by Gasteiger charge is -2.22. The third kappa shape index (κ3) is 7.77. The number of thioether (sulfide) groups is 1. The Morgan fingerprint density at radius 1 is 1.02 bits per heavy atom. The van der Waals surface area contributed by atoms with Gasteiger partial charge in [0.05, 0.1) is 11.0 Å². The largest absolute Gasteiger partial charge is 0.490 e. The molecule has 1 fully saturated rings. The second kappa shape index (κ2) is 14.0. The second-order valence-corrected chi connectivity index (χ2v) is 11.2. The van der Waals surface area contributed by atoms with Crippen LogP contribution in [0.1, 0.15) is 36.2 Å². The van der Waals surface area contributed by atoms with Gasteiger partial charge in [-0.15, -0.1) is 12.4 Å². The summed E-state index contributed by atoms with van der Waals surface area (Å²) in [4.78, 5) is 15.9. The van der Waals surface area contributed by atoms with Crippen LogP contribution >= 0.6 is 35.8 Å². The van der Waals surface area contributed by atoms with Gasteiger partial charge in [0.1, 0.15) is 42.4 Å². The van der Waals surface area contributed by atoms with Crippen LogP contribution in [0.2, 0.25) is 5.02 Å². The Labute approximate surface area is 249 Å². The Balaban J connectivity index is 0.00000370. The molecule has 40 heavy (non-hydrogen) atoms. The van der Waals surface area contributed by atoms with Crippen molar-refractivity contribution in [2.24, 2.45) is 7.05 Å². The number of aryl methyl sites for hydroxylation is 2. The average Bonchev–Trinajstić information content (AvgIpc) is 3.26. The second-order valence-electron chi connectivity index (χ2n) is 9.53. The van der Waals surface area contributed by atoms with Gasteiger partial charge in [0.2, 0.25) is 0 Å². The van der Waals surface area contributed by atoms with Gasteiger partial charge in [-0.1, -0.05) is 29.8 Å². The van der Waals surface area contributed by atoms with Crippen molar-refractivity contribution in [3.05, 3.63) is 82.6 Å². The van der Waals surface area contributed by atoms with Crippen molar-refractivity contribution in [2.45, 2.75) is 45.0 Å². The molecule has 2 heterocycles. The minimum atomic E-state index is -0.855. The number of aromatic nitrogens is 2. The summed E-state index contributed by atoms with van der Waals surface area (Å²) in [6, 6.07) is 19.0. The van der Waals surface area contributed by atoms with Gasteiger partial charge in [-0.25, -0.2) is 4.98 Å². The predicted molar refractivity (Wildman–Crippen MR) is 161 cm³/mol. The van der Waals surface area contributed by atoms with Crippen LogP contribution in [0.5, 0.6) is 17.2 Å².